The van der Waals surface area contributed by atoms with Gasteiger partial charge in [-0.15, -0.1) is 0 Å². The Kier molecular flexibility index (Phi) is 6.70. The van der Waals surface area contributed by atoms with Crippen molar-refractivity contribution in [3.63, 3.8) is 0 Å². The first kappa shape index (κ1) is 20.4. The molecule has 0 unspecified atom stereocenters. The number of amides is 1. The molecule has 1 saturated carbocycles. The van der Waals surface area contributed by atoms with Gasteiger partial charge in [-0.2, -0.15) is 0 Å². The third kappa shape index (κ3) is 5.33. The van der Waals surface area contributed by atoms with E-state index in [0.29, 0.717) is 11.8 Å². The van der Waals surface area contributed by atoms with Gasteiger partial charge in [0, 0.05) is 19.2 Å². The van der Waals surface area contributed by atoms with E-state index in [9.17, 15) is 13.2 Å². The molecule has 150 valence electrons. The van der Waals surface area contributed by atoms with Crippen molar-refractivity contribution in [1.82, 2.24) is 9.62 Å². The highest BCUT2D eigenvalue weighted by Crippen LogP contribution is 2.22. The molecule has 0 aliphatic heterocycles. The monoisotopic (exact) mass is 402 g/mol. The second-order valence-corrected chi connectivity index (χ2v) is 8.81. The van der Waals surface area contributed by atoms with Crippen molar-refractivity contribution in [2.45, 2.75) is 49.6 Å². The lowest BCUT2D eigenvalue weighted by molar-refractivity contribution is -0.127. The van der Waals surface area contributed by atoms with E-state index in [1.807, 2.05) is 11.9 Å². The maximum Gasteiger partial charge on any atom is 0.246 e. The van der Waals surface area contributed by atoms with Crippen LogP contribution in [-0.4, -0.2) is 32.3 Å². The number of benzene rings is 1. The fraction of sp³-hybridized carbons (Fsp3) is 0.381. The molecule has 28 heavy (non-hydrogen) atoms. The first-order chi connectivity index (χ1) is 13.5. The molecule has 1 aromatic heterocycles. The summed E-state index contributed by atoms with van der Waals surface area (Å²) in [6.45, 7) is 0.0962. The largest absolute Gasteiger partial charge is 0.468 e. The number of likely N-dealkylation sites (N-methyl/N-ethyl adjacent to an activating group) is 1. The Morgan fingerprint density at radius 3 is 2.54 bits per heavy atom. The van der Waals surface area contributed by atoms with Crippen molar-refractivity contribution in [2.24, 2.45) is 0 Å². The van der Waals surface area contributed by atoms with Gasteiger partial charge >= 0.3 is 0 Å². The molecule has 1 aliphatic rings. The second kappa shape index (κ2) is 9.21. The van der Waals surface area contributed by atoms with Gasteiger partial charge in [0.15, 0.2) is 0 Å². The molecule has 1 N–H and O–H groups in total. The molecular weight excluding hydrogens is 376 g/mol. The van der Waals surface area contributed by atoms with Gasteiger partial charge in [0.05, 0.1) is 17.7 Å². The molecule has 3 rings (SSSR count). The number of nitrogens with zero attached hydrogens (tertiary/aromatic N) is 1. The van der Waals surface area contributed by atoms with Crippen LogP contribution in [0.15, 0.2) is 58.1 Å². The average molecular weight is 403 g/mol. The first-order valence-corrected chi connectivity index (χ1v) is 11.0. The van der Waals surface area contributed by atoms with Crippen molar-refractivity contribution in [1.29, 1.82) is 0 Å². The van der Waals surface area contributed by atoms with Crippen LogP contribution >= 0.6 is 0 Å². The number of nitrogens with one attached hydrogen (secondary N) is 1. The second-order valence-electron chi connectivity index (χ2n) is 7.05. The smallest absolute Gasteiger partial charge is 0.246 e. The van der Waals surface area contributed by atoms with Crippen molar-refractivity contribution >= 4 is 22.0 Å². The minimum absolute atomic E-state index is 0.0243. The molecule has 1 aliphatic carbocycles. The summed E-state index contributed by atoms with van der Waals surface area (Å²) in [6, 6.07) is 10.2. The van der Waals surface area contributed by atoms with E-state index >= 15 is 0 Å². The number of furan rings is 1. The van der Waals surface area contributed by atoms with Crippen LogP contribution in [-0.2, 0) is 21.4 Å². The Morgan fingerprint density at radius 2 is 1.89 bits per heavy atom. The van der Waals surface area contributed by atoms with Gasteiger partial charge in [0.25, 0.3) is 0 Å². The maximum absolute atomic E-state index is 12.4. The summed E-state index contributed by atoms with van der Waals surface area (Å²) in [7, 11) is -1.77. The van der Waals surface area contributed by atoms with Crippen LogP contribution in [0.4, 0.5) is 0 Å². The van der Waals surface area contributed by atoms with Crippen LogP contribution in [0.3, 0.4) is 0 Å². The molecule has 6 nitrogen and oxygen atoms in total. The molecule has 1 heterocycles. The lowest BCUT2D eigenvalue weighted by Gasteiger charge is -2.30. The highest BCUT2D eigenvalue weighted by atomic mass is 32.2. The van der Waals surface area contributed by atoms with E-state index in [4.69, 9.17) is 4.42 Å². The molecular formula is C21H26N2O4S. The molecule has 0 saturated heterocycles. The Balaban J connectivity index is 1.58. The van der Waals surface area contributed by atoms with E-state index in [-0.39, 0.29) is 17.3 Å². The lowest BCUT2D eigenvalue weighted by atomic mass is 9.94. The van der Waals surface area contributed by atoms with Gasteiger partial charge in [-0.05, 0) is 48.7 Å². The van der Waals surface area contributed by atoms with Crippen LogP contribution in [0.25, 0.3) is 6.08 Å². The van der Waals surface area contributed by atoms with Crippen molar-refractivity contribution in [3.05, 3.63) is 60.1 Å². The molecule has 1 aromatic carbocycles. The Labute approximate surface area is 166 Å². The van der Waals surface area contributed by atoms with Gasteiger partial charge in [-0.25, -0.2) is 13.1 Å². The van der Waals surface area contributed by atoms with E-state index in [1.165, 1.54) is 37.7 Å². The van der Waals surface area contributed by atoms with E-state index < -0.39 is 10.0 Å². The van der Waals surface area contributed by atoms with Gasteiger partial charge in [0.1, 0.15) is 5.76 Å². The minimum atomic E-state index is -3.62. The fourth-order valence-corrected chi connectivity index (χ4v) is 4.35. The molecule has 0 bridgehead atoms. The minimum Gasteiger partial charge on any atom is -0.468 e. The highest BCUT2D eigenvalue weighted by Gasteiger charge is 2.20. The normalized spacial score (nSPS) is 15.8. The maximum atomic E-state index is 12.4. The Hall–Kier alpha value is -2.38. The molecule has 0 spiro atoms. The van der Waals surface area contributed by atoms with Gasteiger partial charge in [0.2, 0.25) is 15.9 Å². The van der Waals surface area contributed by atoms with Gasteiger partial charge < -0.3 is 9.32 Å². The predicted molar refractivity (Wildman–Crippen MR) is 108 cm³/mol. The Bertz CT molecular complexity index is 896. The summed E-state index contributed by atoms with van der Waals surface area (Å²) in [6.07, 6.45) is 10.5. The summed E-state index contributed by atoms with van der Waals surface area (Å²) in [4.78, 5) is 14.3. The number of carbonyl (C=O) groups excluding carboxylic acids is 1. The molecule has 1 fully saturated rings. The summed E-state index contributed by atoms with van der Waals surface area (Å²) < 4.78 is 32.3. The number of carbonyl (C=O) groups is 1. The predicted octanol–water partition coefficient (Wildman–Crippen LogP) is 3.56. The number of rotatable bonds is 7. The van der Waals surface area contributed by atoms with Gasteiger partial charge in [-0.3, -0.25) is 4.79 Å². The summed E-state index contributed by atoms with van der Waals surface area (Å²) in [5.41, 5.74) is 0.773. The number of hydrogen-bond acceptors (Lipinski definition) is 4. The topological polar surface area (TPSA) is 79.6 Å². The molecule has 2 aromatic rings. The zero-order chi connectivity index (χ0) is 20.0. The van der Waals surface area contributed by atoms with E-state index in [1.54, 1.807) is 36.4 Å². The number of hydrogen-bond donors (Lipinski definition) is 1. The first-order valence-electron chi connectivity index (χ1n) is 9.53. The van der Waals surface area contributed by atoms with Crippen molar-refractivity contribution < 1.29 is 17.6 Å². The van der Waals surface area contributed by atoms with Crippen LogP contribution in [0.5, 0.6) is 0 Å². The molecule has 7 heteroatoms. The summed E-state index contributed by atoms with van der Waals surface area (Å²) in [5.74, 6) is 0.521. The van der Waals surface area contributed by atoms with Crippen LogP contribution in [0.2, 0.25) is 0 Å². The fourth-order valence-electron chi connectivity index (χ4n) is 3.35. The zero-order valence-corrected chi connectivity index (χ0v) is 16.8. The summed E-state index contributed by atoms with van der Waals surface area (Å²) in [5, 5.41) is 0. The lowest BCUT2D eigenvalue weighted by Crippen LogP contribution is -2.37. The molecule has 0 atom stereocenters. The molecule has 1 amide bonds. The standard InChI is InChI=1S/C21H26N2O4S/c1-23(18-6-3-2-4-7-18)21(24)14-11-17-9-12-20(13-10-17)28(25,26)22-16-19-8-5-15-27-19/h5,8-15,18,22H,2-4,6-7,16H2,1H3. The third-order valence-electron chi connectivity index (χ3n) is 5.10. The van der Waals surface area contributed by atoms with Gasteiger partial charge in [-0.1, -0.05) is 31.4 Å². The van der Waals surface area contributed by atoms with Crippen LogP contribution in [0.1, 0.15) is 43.4 Å². The Morgan fingerprint density at radius 1 is 1.18 bits per heavy atom. The highest BCUT2D eigenvalue weighted by molar-refractivity contribution is 7.89. The summed E-state index contributed by atoms with van der Waals surface area (Å²) >= 11 is 0. The SMILES string of the molecule is CN(C(=O)C=Cc1ccc(S(=O)(=O)NCc2ccco2)cc1)C1CCCCC1. The average Bonchev–Trinajstić information content (AvgIpc) is 3.25. The quantitative estimate of drug-likeness (QED) is 0.718. The van der Waals surface area contributed by atoms with Crippen LogP contribution in [0, 0.1) is 0 Å². The van der Waals surface area contributed by atoms with E-state index in [2.05, 4.69) is 4.72 Å². The third-order valence-corrected chi connectivity index (χ3v) is 6.51. The van der Waals surface area contributed by atoms with Crippen LogP contribution < -0.4 is 4.72 Å². The van der Waals surface area contributed by atoms with E-state index in [0.717, 1.165) is 18.4 Å². The zero-order valence-electron chi connectivity index (χ0n) is 16.0. The van der Waals surface area contributed by atoms with Crippen molar-refractivity contribution in [3.8, 4) is 0 Å². The van der Waals surface area contributed by atoms with Crippen molar-refractivity contribution in [2.75, 3.05) is 7.05 Å². The number of sulfonamides is 1. The molecule has 0 radical (unpaired) electrons.